The van der Waals surface area contributed by atoms with E-state index in [2.05, 4.69) is 15.3 Å². The predicted molar refractivity (Wildman–Crippen MR) is 79.4 cm³/mol. The number of hydrogen-bond acceptors (Lipinski definition) is 6. The highest BCUT2D eigenvalue weighted by Crippen LogP contribution is 2.22. The second-order valence-electron chi connectivity index (χ2n) is 4.88. The highest BCUT2D eigenvalue weighted by Gasteiger charge is 2.36. The highest BCUT2D eigenvalue weighted by atomic mass is 16.4. The number of carbonyl (C=O) groups is 4. The van der Waals surface area contributed by atoms with E-state index >= 15 is 0 Å². The van der Waals surface area contributed by atoms with E-state index in [1.54, 1.807) is 12.1 Å². The lowest BCUT2D eigenvalue weighted by Crippen LogP contribution is -2.37. The van der Waals surface area contributed by atoms with Crippen molar-refractivity contribution in [3.63, 3.8) is 0 Å². The Kier molecular flexibility index (Phi) is 3.74. The average molecular weight is 326 g/mol. The van der Waals surface area contributed by atoms with Gasteiger partial charge in [-0.05, 0) is 12.1 Å². The molecule has 1 aromatic heterocycles. The van der Waals surface area contributed by atoms with Crippen LogP contribution in [0.3, 0.4) is 0 Å². The summed E-state index contributed by atoms with van der Waals surface area (Å²) in [6, 6.07) is 6.24. The normalized spacial score (nSPS) is 12.9. The molecule has 2 N–H and O–H groups in total. The molecule has 0 saturated carbocycles. The van der Waals surface area contributed by atoms with Crippen molar-refractivity contribution in [1.82, 2.24) is 14.9 Å². The van der Waals surface area contributed by atoms with Crippen molar-refractivity contribution in [1.29, 1.82) is 0 Å². The molecule has 0 spiro atoms. The first-order valence-corrected chi connectivity index (χ1v) is 6.77. The van der Waals surface area contributed by atoms with Crippen LogP contribution in [0.2, 0.25) is 0 Å². The molecular formula is C15H10N4O5. The van der Waals surface area contributed by atoms with Crippen LogP contribution in [-0.2, 0) is 4.79 Å². The van der Waals surface area contributed by atoms with Gasteiger partial charge >= 0.3 is 5.97 Å². The molecule has 1 aliphatic rings. The summed E-state index contributed by atoms with van der Waals surface area (Å²) in [4.78, 5) is 55.5. The van der Waals surface area contributed by atoms with E-state index in [4.69, 9.17) is 5.11 Å². The Morgan fingerprint density at radius 1 is 1.12 bits per heavy atom. The monoisotopic (exact) mass is 326 g/mol. The molecule has 3 rings (SSSR count). The second-order valence-corrected chi connectivity index (χ2v) is 4.88. The Morgan fingerprint density at radius 3 is 2.33 bits per heavy atom. The quantitative estimate of drug-likeness (QED) is 0.778. The first-order chi connectivity index (χ1) is 11.5. The number of nitrogens with zero attached hydrogens (tertiary/aromatic N) is 3. The molecule has 24 heavy (non-hydrogen) atoms. The lowest BCUT2D eigenvalue weighted by molar-refractivity contribution is -0.116. The van der Waals surface area contributed by atoms with E-state index in [0.29, 0.717) is 0 Å². The molecule has 0 radical (unpaired) electrons. The van der Waals surface area contributed by atoms with Gasteiger partial charge in [-0.25, -0.2) is 14.8 Å². The Morgan fingerprint density at radius 2 is 1.75 bits per heavy atom. The minimum absolute atomic E-state index is 0.209. The molecule has 0 bridgehead atoms. The van der Waals surface area contributed by atoms with E-state index in [1.165, 1.54) is 12.1 Å². The van der Waals surface area contributed by atoms with E-state index in [0.717, 1.165) is 17.4 Å². The van der Waals surface area contributed by atoms with Crippen molar-refractivity contribution in [3.8, 4) is 0 Å². The molecule has 0 unspecified atom stereocenters. The number of rotatable bonds is 4. The lowest BCUT2D eigenvalue weighted by atomic mass is 10.1. The third-order valence-electron chi connectivity index (χ3n) is 3.38. The third-order valence-corrected chi connectivity index (χ3v) is 3.38. The first kappa shape index (κ1) is 15.3. The number of aromatic nitrogens is 2. The van der Waals surface area contributed by atoms with E-state index in [-0.39, 0.29) is 22.5 Å². The fraction of sp³-hybridized carbons (Fsp3) is 0.0667. The van der Waals surface area contributed by atoms with Crippen molar-refractivity contribution in [2.24, 2.45) is 0 Å². The number of anilines is 1. The molecule has 2 aromatic rings. The molecule has 1 aromatic carbocycles. The SMILES string of the molecule is O=C(CN1C(=O)c2ccccc2C1=O)Nc1ncncc1C(=O)O. The number of amides is 3. The molecule has 9 heteroatoms. The summed E-state index contributed by atoms with van der Waals surface area (Å²) >= 11 is 0. The average Bonchev–Trinajstić information content (AvgIpc) is 2.80. The number of carbonyl (C=O) groups excluding carboxylic acids is 3. The zero-order valence-corrected chi connectivity index (χ0v) is 12.1. The van der Waals surface area contributed by atoms with Crippen molar-refractivity contribution in [3.05, 3.63) is 53.5 Å². The Bertz CT molecular complexity index is 845. The molecule has 1 aliphatic heterocycles. The number of carboxylic acids is 1. The van der Waals surface area contributed by atoms with Gasteiger partial charge in [-0.1, -0.05) is 12.1 Å². The van der Waals surface area contributed by atoms with Gasteiger partial charge in [0.2, 0.25) is 5.91 Å². The van der Waals surface area contributed by atoms with Crippen LogP contribution in [0.5, 0.6) is 0 Å². The van der Waals surface area contributed by atoms with Crippen molar-refractivity contribution >= 4 is 29.5 Å². The second kappa shape index (κ2) is 5.88. The summed E-state index contributed by atoms with van der Waals surface area (Å²) in [5.41, 5.74) is 0.153. The molecular weight excluding hydrogens is 316 g/mol. The standard InChI is InChI=1S/C15H10N4O5/c20-11(18-12-10(15(23)24)5-16-7-17-12)6-19-13(21)8-3-1-2-4-9(8)14(19)22/h1-5,7H,6H2,(H,23,24)(H,16,17,18,20). The Labute approximate surface area is 134 Å². The summed E-state index contributed by atoms with van der Waals surface area (Å²) in [5, 5.41) is 11.3. The summed E-state index contributed by atoms with van der Waals surface area (Å²) in [6.45, 7) is -0.546. The molecule has 9 nitrogen and oxygen atoms in total. The smallest absolute Gasteiger partial charge is 0.341 e. The summed E-state index contributed by atoms with van der Waals surface area (Å²) in [6.07, 6.45) is 2.11. The number of carboxylic acid groups (broad SMARTS) is 1. The van der Waals surface area contributed by atoms with Crippen molar-refractivity contribution in [2.45, 2.75) is 0 Å². The number of aromatic carboxylic acids is 1. The molecule has 0 fully saturated rings. The van der Waals surface area contributed by atoms with Crippen LogP contribution >= 0.6 is 0 Å². The van der Waals surface area contributed by atoms with Gasteiger partial charge in [-0.15, -0.1) is 0 Å². The van der Waals surface area contributed by atoms with Gasteiger partial charge in [-0.2, -0.15) is 0 Å². The van der Waals surface area contributed by atoms with Crippen LogP contribution in [0, 0.1) is 0 Å². The summed E-state index contributed by atoms with van der Waals surface area (Å²) in [5.74, 6) is -3.42. The molecule has 0 aliphatic carbocycles. The van der Waals surface area contributed by atoms with Crippen molar-refractivity contribution in [2.75, 3.05) is 11.9 Å². The van der Waals surface area contributed by atoms with E-state index in [1.807, 2.05) is 0 Å². The number of fused-ring (bicyclic) bond motifs is 1. The first-order valence-electron chi connectivity index (χ1n) is 6.77. The zero-order chi connectivity index (χ0) is 17.3. The molecule has 0 saturated heterocycles. The fourth-order valence-corrected chi connectivity index (χ4v) is 2.28. The Hall–Kier alpha value is -3.62. The fourth-order valence-electron chi connectivity index (χ4n) is 2.28. The number of benzene rings is 1. The molecule has 2 heterocycles. The van der Waals surface area contributed by atoms with Crippen LogP contribution in [0.25, 0.3) is 0 Å². The number of hydrogen-bond donors (Lipinski definition) is 2. The van der Waals surface area contributed by atoms with Crippen molar-refractivity contribution < 1.29 is 24.3 Å². The van der Waals surface area contributed by atoms with E-state index in [9.17, 15) is 19.2 Å². The maximum atomic E-state index is 12.2. The van der Waals surface area contributed by atoms with Gasteiger partial charge in [0.05, 0.1) is 11.1 Å². The van der Waals surface area contributed by atoms with Gasteiger partial charge in [0.15, 0.2) is 5.82 Å². The van der Waals surface area contributed by atoms with Gasteiger partial charge in [0.1, 0.15) is 18.4 Å². The Balaban J connectivity index is 1.77. The van der Waals surface area contributed by atoms with Crippen LogP contribution in [0.15, 0.2) is 36.8 Å². The number of imide groups is 1. The third kappa shape index (κ3) is 2.58. The lowest BCUT2D eigenvalue weighted by Gasteiger charge is -2.13. The topological polar surface area (TPSA) is 130 Å². The summed E-state index contributed by atoms with van der Waals surface area (Å²) < 4.78 is 0. The number of nitrogens with one attached hydrogen (secondary N) is 1. The van der Waals surface area contributed by atoms with Crippen LogP contribution in [0.4, 0.5) is 5.82 Å². The van der Waals surface area contributed by atoms with Gasteiger partial charge in [-0.3, -0.25) is 19.3 Å². The zero-order valence-electron chi connectivity index (χ0n) is 12.1. The van der Waals surface area contributed by atoms with Crippen LogP contribution in [-0.4, -0.2) is 50.2 Å². The molecule has 3 amide bonds. The largest absolute Gasteiger partial charge is 0.477 e. The summed E-state index contributed by atoms with van der Waals surface area (Å²) in [7, 11) is 0. The van der Waals surface area contributed by atoms with Crippen LogP contribution in [0.1, 0.15) is 31.1 Å². The van der Waals surface area contributed by atoms with E-state index < -0.39 is 30.2 Å². The molecule has 120 valence electrons. The van der Waals surface area contributed by atoms with Crippen LogP contribution < -0.4 is 5.32 Å². The maximum absolute atomic E-state index is 12.2. The van der Waals surface area contributed by atoms with Gasteiger partial charge in [0.25, 0.3) is 11.8 Å². The van der Waals surface area contributed by atoms with Gasteiger partial charge in [0, 0.05) is 6.20 Å². The highest BCUT2D eigenvalue weighted by molar-refractivity contribution is 6.22. The maximum Gasteiger partial charge on any atom is 0.341 e. The van der Waals surface area contributed by atoms with Gasteiger partial charge < -0.3 is 10.4 Å². The predicted octanol–water partition coefficient (Wildman–Crippen LogP) is 0.410. The molecule has 0 atom stereocenters. The minimum Gasteiger partial charge on any atom is -0.477 e. The minimum atomic E-state index is -1.31.